The van der Waals surface area contributed by atoms with E-state index in [0.717, 1.165) is 37.6 Å². The smallest absolute Gasteiger partial charge is 0.226 e. The van der Waals surface area contributed by atoms with E-state index < -0.39 is 0 Å². The molecule has 2 N–H and O–H groups in total. The summed E-state index contributed by atoms with van der Waals surface area (Å²) in [5.41, 5.74) is 6.03. The second kappa shape index (κ2) is 4.27. The van der Waals surface area contributed by atoms with Crippen molar-refractivity contribution in [2.45, 2.75) is 57.5 Å². The Balaban J connectivity index is 1.63. The van der Waals surface area contributed by atoms with Crippen LogP contribution in [0.5, 0.6) is 0 Å². The maximum atomic E-state index is 12.5. The summed E-state index contributed by atoms with van der Waals surface area (Å²) < 4.78 is 0. The van der Waals surface area contributed by atoms with Crippen LogP contribution in [-0.2, 0) is 4.79 Å². The van der Waals surface area contributed by atoms with Crippen LogP contribution in [0.3, 0.4) is 0 Å². The Morgan fingerprint density at radius 1 is 1.29 bits per heavy atom. The van der Waals surface area contributed by atoms with E-state index in [-0.39, 0.29) is 6.04 Å². The van der Waals surface area contributed by atoms with E-state index in [2.05, 4.69) is 4.90 Å². The second-order valence-electron chi connectivity index (χ2n) is 6.30. The van der Waals surface area contributed by atoms with Gasteiger partial charge in [-0.1, -0.05) is 0 Å². The molecule has 0 bridgehead atoms. The molecule has 1 saturated heterocycles. The molecule has 3 rings (SSSR count). The van der Waals surface area contributed by atoms with Crippen molar-refractivity contribution in [3.05, 3.63) is 0 Å². The predicted octanol–water partition coefficient (Wildman–Crippen LogP) is 1.76. The molecule has 3 heteroatoms. The van der Waals surface area contributed by atoms with Crippen molar-refractivity contribution in [3.63, 3.8) is 0 Å². The van der Waals surface area contributed by atoms with Crippen LogP contribution in [0.15, 0.2) is 0 Å². The average molecular weight is 236 g/mol. The predicted molar refractivity (Wildman–Crippen MR) is 67.3 cm³/mol. The number of likely N-dealkylation sites (tertiary alicyclic amines) is 1. The highest BCUT2D eigenvalue weighted by atomic mass is 16.2. The lowest BCUT2D eigenvalue weighted by Crippen LogP contribution is -2.52. The zero-order chi connectivity index (χ0) is 12.0. The van der Waals surface area contributed by atoms with Crippen LogP contribution in [0.4, 0.5) is 0 Å². The average Bonchev–Trinajstić information content (AvgIpc) is 3.15. The third-order valence-electron chi connectivity index (χ3n) is 4.82. The zero-order valence-electron chi connectivity index (χ0n) is 10.8. The standard InChI is InChI=1S/C14H24N2O/c1-9(15)13-4-2-3-7-16(13)14(17)12-8-11(12)10-5-6-10/h9-13H,2-8,15H2,1H3/t9-,11+,12-,13-/m0/s1. The van der Waals surface area contributed by atoms with Gasteiger partial charge in [0.05, 0.1) is 0 Å². The molecule has 0 aromatic rings. The molecule has 0 spiro atoms. The van der Waals surface area contributed by atoms with Gasteiger partial charge in [-0.2, -0.15) is 0 Å². The Kier molecular flexibility index (Phi) is 2.89. The van der Waals surface area contributed by atoms with Gasteiger partial charge in [0.15, 0.2) is 0 Å². The number of amides is 1. The molecule has 0 unspecified atom stereocenters. The Morgan fingerprint density at radius 3 is 2.71 bits per heavy atom. The topological polar surface area (TPSA) is 46.3 Å². The SMILES string of the molecule is C[C@H](N)[C@@H]1CCCCN1C(=O)[C@H]1C[C@@H]1C1CC1. The van der Waals surface area contributed by atoms with Crippen molar-refractivity contribution in [2.75, 3.05) is 6.54 Å². The number of rotatable bonds is 3. The first-order valence-corrected chi connectivity index (χ1v) is 7.24. The molecule has 2 saturated carbocycles. The van der Waals surface area contributed by atoms with E-state index >= 15 is 0 Å². The van der Waals surface area contributed by atoms with E-state index in [1.807, 2.05) is 6.92 Å². The van der Waals surface area contributed by atoms with Gasteiger partial charge in [-0.3, -0.25) is 4.79 Å². The lowest BCUT2D eigenvalue weighted by molar-refractivity contribution is -0.137. The van der Waals surface area contributed by atoms with E-state index in [1.165, 1.54) is 19.3 Å². The molecule has 4 atom stereocenters. The van der Waals surface area contributed by atoms with Crippen molar-refractivity contribution < 1.29 is 4.79 Å². The Labute approximate surface area is 104 Å². The summed E-state index contributed by atoms with van der Waals surface area (Å²) in [6.45, 7) is 2.99. The minimum atomic E-state index is 0.123. The third-order valence-corrected chi connectivity index (χ3v) is 4.82. The largest absolute Gasteiger partial charge is 0.338 e. The van der Waals surface area contributed by atoms with Crippen molar-refractivity contribution in [1.82, 2.24) is 4.90 Å². The van der Waals surface area contributed by atoms with Crippen molar-refractivity contribution in [2.24, 2.45) is 23.5 Å². The molecular formula is C14H24N2O. The highest BCUT2D eigenvalue weighted by molar-refractivity contribution is 5.82. The van der Waals surface area contributed by atoms with Gasteiger partial charge in [-0.25, -0.2) is 0 Å². The number of carbonyl (C=O) groups excluding carboxylic acids is 1. The molecule has 0 aromatic carbocycles. The lowest BCUT2D eigenvalue weighted by Gasteiger charge is -2.38. The minimum Gasteiger partial charge on any atom is -0.338 e. The molecule has 3 aliphatic rings. The Morgan fingerprint density at radius 2 is 2.06 bits per heavy atom. The summed E-state index contributed by atoms with van der Waals surface area (Å²) >= 11 is 0. The molecule has 96 valence electrons. The van der Waals surface area contributed by atoms with Gasteiger partial charge in [0, 0.05) is 24.5 Å². The van der Waals surface area contributed by atoms with Crippen molar-refractivity contribution >= 4 is 5.91 Å². The Bertz CT molecular complexity index is 311. The van der Waals surface area contributed by atoms with Crippen molar-refractivity contribution in [3.8, 4) is 0 Å². The number of nitrogens with zero attached hydrogens (tertiary/aromatic N) is 1. The van der Waals surface area contributed by atoms with Gasteiger partial charge in [0.2, 0.25) is 5.91 Å². The van der Waals surface area contributed by atoms with E-state index in [1.54, 1.807) is 0 Å². The van der Waals surface area contributed by atoms with Crippen molar-refractivity contribution in [1.29, 1.82) is 0 Å². The van der Waals surface area contributed by atoms with Crippen LogP contribution < -0.4 is 5.73 Å². The van der Waals surface area contributed by atoms with Crippen LogP contribution in [0.2, 0.25) is 0 Å². The molecule has 1 aliphatic heterocycles. The monoisotopic (exact) mass is 236 g/mol. The summed E-state index contributed by atoms with van der Waals surface area (Å²) in [4.78, 5) is 14.6. The third kappa shape index (κ3) is 2.22. The normalized spacial score (nSPS) is 38.9. The van der Waals surface area contributed by atoms with Crippen LogP contribution in [-0.4, -0.2) is 29.4 Å². The number of carbonyl (C=O) groups is 1. The van der Waals surface area contributed by atoms with Gasteiger partial charge < -0.3 is 10.6 Å². The van der Waals surface area contributed by atoms with Crippen LogP contribution in [0.25, 0.3) is 0 Å². The molecule has 2 aliphatic carbocycles. The second-order valence-corrected chi connectivity index (χ2v) is 6.30. The molecule has 0 aromatic heterocycles. The molecule has 17 heavy (non-hydrogen) atoms. The van der Waals surface area contributed by atoms with Gasteiger partial charge >= 0.3 is 0 Å². The fourth-order valence-corrected chi connectivity index (χ4v) is 3.53. The fourth-order valence-electron chi connectivity index (χ4n) is 3.53. The molecule has 1 heterocycles. The van der Waals surface area contributed by atoms with Crippen LogP contribution >= 0.6 is 0 Å². The van der Waals surface area contributed by atoms with Crippen LogP contribution in [0, 0.1) is 17.8 Å². The van der Waals surface area contributed by atoms with Gasteiger partial charge in [-0.15, -0.1) is 0 Å². The van der Waals surface area contributed by atoms with E-state index in [0.29, 0.717) is 17.9 Å². The highest BCUT2D eigenvalue weighted by Crippen LogP contribution is 2.55. The molecule has 3 nitrogen and oxygen atoms in total. The summed E-state index contributed by atoms with van der Waals surface area (Å²) in [5, 5.41) is 0. The number of hydrogen-bond acceptors (Lipinski definition) is 2. The summed E-state index contributed by atoms with van der Waals surface area (Å²) in [7, 11) is 0. The maximum Gasteiger partial charge on any atom is 0.226 e. The quantitative estimate of drug-likeness (QED) is 0.811. The minimum absolute atomic E-state index is 0.123. The summed E-state index contributed by atoms with van der Waals surface area (Å²) in [6.07, 6.45) is 7.38. The molecular weight excluding hydrogens is 212 g/mol. The number of hydrogen-bond donors (Lipinski definition) is 1. The van der Waals surface area contributed by atoms with E-state index in [9.17, 15) is 4.79 Å². The molecule has 1 amide bonds. The van der Waals surface area contributed by atoms with Crippen LogP contribution in [0.1, 0.15) is 45.4 Å². The first kappa shape index (κ1) is 11.5. The number of nitrogens with two attached hydrogens (primary N) is 1. The molecule has 0 radical (unpaired) electrons. The van der Waals surface area contributed by atoms with Gasteiger partial charge in [0.1, 0.15) is 0 Å². The fraction of sp³-hybridized carbons (Fsp3) is 0.929. The van der Waals surface area contributed by atoms with E-state index in [4.69, 9.17) is 5.73 Å². The van der Waals surface area contributed by atoms with Gasteiger partial charge in [-0.05, 0) is 57.3 Å². The first-order chi connectivity index (χ1) is 8.18. The summed E-state index contributed by atoms with van der Waals surface area (Å²) in [6, 6.07) is 0.425. The number of piperidine rings is 1. The maximum absolute atomic E-state index is 12.5. The zero-order valence-corrected chi connectivity index (χ0v) is 10.8. The van der Waals surface area contributed by atoms with Gasteiger partial charge in [0.25, 0.3) is 0 Å². The highest BCUT2D eigenvalue weighted by Gasteiger charge is 2.53. The lowest BCUT2D eigenvalue weighted by atomic mass is 9.96. The molecule has 3 fully saturated rings. The Hall–Kier alpha value is -0.570. The first-order valence-electron chi connectivity index (χ1n) is 7.24. The summed E-state index contributed by atoms with van der Waals surface area (Å²) in [5.74, 6) is 2.41.